The summed E-state index contributed by atoms with van der Waals surface area (Å²) in [6, 6.07) is 7.72. The number of hydrogen-bond acceptors (Lipinski definition) is 6. The van der Waals surface area contributed by atoms with Gasteiger partial charge in [-0.15, -0.1) is 0 Å². The molecule has 23 heavy (non-hydrogen) atoms. The van der Waals surface area contributed by atoms with Crippen molar-refractivity contribution in [2.24, 2.45) is 0 Å². The van der Waals surface area contributed by atoms with Gasteiger partial charge in [-0.2, -0.15) is 4.37 Å². The number of methoxy groups -OCH3 is 3. The van der Waals surface area contributed by atoms with E-state index in [1.807, 2.05) is 35.8 Å². The minimum atomic E-state index is 0.567. The van der Waals surface area contributed by atoms with Crippen LogP contribution in [0.1, 0.15) is 0 Å². The topological polar surface area (TPSA) is 53.5 Å². The van der Waals surface area contributed by atoms with Gasteiger partial charge in [-0.1, -0.05) is 6.07 Å². The molecule has 2 heterocycles. The zero-order valence-corrected chi connectivity index (χ0v) is 13.9. The second-order valence-electron chi connectivity index (χ2n) is 4.73. The van der Waals surface area contributed by atoms with Gasteiger partial charge in [-0.05, 0) is 29.7 Å². The summed E-state index contributed by atoms with van der Waals surface area (Å²) in [6.07, 6.45) is 3.58. The smallest absolute Gasteiger partial charge is 0.203 e. The first-order valence-electron chi connectivity index (χ1n) is 6.93. The highest BCUT2D eigenvalue weighted by Gasteiger charge is 2.18. The van der Waals surface area contributed by atoms with Gasteiger partial charge >= 0.3 is 0 Å². The highest BCUT2D eigenvalue weighted by atomic mass is 32.1. The van der Waals surface area contributed by atoms with E-state index in [0.717, 1.165) is 22.4 Å². The molecule has 3 aromatic rings. The van der Waals surface area contributed by atoms with Crippen molar-refractivity contribution < 1.29 is 14.2 Å². The van der Waals surface area contributed by atoms with Crippen LogP contribution < -0.4 is 14.2 Å². The lowest BCUT2D eigenvalue weighted by atomic mass is 10.0. The molecule has 1 aromatic carbocycles. The molecule has 0 bridgehead atoms. The van der Waals surface area contributed by atoms with Gasteiger partial charge in [0.25, 0.3) is 0 Å². The maximum absolute atomic E-state index is 5.42. The van der Waals surface area contributed by atoms with Crippen molar-refractivity contribution in [3.05, 3.63) is 42.0 Å². The summed E-state index contributed by atoms with van der Waals surface area (Å²) >= 11 is 1.40. The maximum atomic E-state index is 5.42. The van der Waals surface area contributed by atoms with Crippen LogP contribution >= 0.6 is 11.5 Å². The molecule has 0 N–H and O–H groups in total. The zero-order valence-electron chi connectivity index (χ0n) is 13.1. The minimum Gasteiger partial charge on any atom is -0.493 e. The highest BCUT2D eigenvalue weighted by Crippen LogP contribution is 2.43. The number of hydrogen-bond donors (Lipinski definition) is 0. The maximum Gasteiger partial charge on any atom is 0.203 e. The Morgan fingerprint density at radius 3 is 2.26 bits per heavy atom. The van der Waals surface area contributed by atoms with Crippen LogP contribution in [-0.4, -0.2) is 30.7 Å². The Morgan fingerprint density at radius 2 is 1.70 bits per heavy atom. The summed E-state index contributed by atoms with van der Waals surface area (Å²) < 4.78 is 20.7. The molecule has 0 saturated heterocycles. The number of ether oxygens (including phenoxy) is 3. The summed E-state index contributed by atoms with van der Waals surface area (Å²) in [5, 5.41) is 2.01. The molecule has 0 saturated carbocycles. The summed E-state index contributed by atoms with van der Waals surface area (Å²) in [5.74, 6) is 1.77. The van der Waals surface area contributed by atoms with Gasteiger partial charge in [0.05, 0.1) is 27.0 Å². The first-order chi connectivity index (χ1) is 11.3. The van der Waals surface area contributed by atoms with Crippen LogP contribution in [0.3, 0.4) is 0 Å². The van der Waals surface area contributed by atoms with E-state index in [9.17, 15) is 0 Å². The van der Waals surface area contributed by atoms with Gasteiger partial charge in [0.1, 0.15) is 0 Å². The van der Waals surface area contributed by atoms with Crippen LogP contribution in [-0.2, 0) is 0 Å². The van der Waals surface area contributed by atoms with Crippen LogP contribution in [0.25, 0.3) is 22.4 Å². The number of pyridine rings is 1. The molecule has 0 spiro atoms. The van der Waals surface area contributed by atoms with Gasteiger partial charge in [-0.3, -0.25) is 4.98 Å². The summed E-state index contributed by atoms with van der Waals surface area (Å²) in [4.78, 5) is 4.18. The fourth-order valence-corrected chi connectivity index (χ4v) is 3.10. The van der Waals surface area contributed by atoms with Gasteiger partial charge in [-0.25, -0.2) is 0 Å². The standard InChI is InChI=1S/C17H16N2O3S/c1-20-14-7-12(8-15(21-2)17(14)22-3)16-13(10-23-19-16)11-5-4-6-18-9-11/h4-10H,1-3H3. The van der Waals surface area contributed by atoms with Gasteiger partial charge in [0.2, 0.25) is 5.75 Å². The predicted octanol–water partition coefficient (Wildman–Crippen LogP) is 3.90. The molecule has 3 rings (SSSR count). The van der Waals surface area contributed by atoms with Crippen molar-refractivity contribution in [2.45, 2.75) is 0 Å². The molecule has 0 aliphatic heterocycles. The molecule has 2 aromatic heterocycles. The monoisotopic (exact) mass is 328 g/mol. The summed E-state index contributed by atoms with van der Waals surface area (Å²) in [6.45, 7) is 0. The number of rotatable bonds is 5. The Hall–Kier alpha value is -2.60. The molecule has 0 unspecified atom stereocenters. The quantitative estimate of drug-likeness (QED) is 0.711. The Balaban J connectivity index is 2.15. The fraction of sp³-hybridized carbons (Fsp3) is 0.176. The lowest BCUT2D eigenvalue weighted by Crippen LogP contribution is -1.96. The van der Waals surface area contributed by atoms with E-state index in [1.165, 1.54) is 11.5 Å². The average Bonchev–Trinajstić information content (AvgIpc) is 3.10. The van der Waals surface area contributed by atoms with Crippen LogP contribution in [0.4, 0.5) is 0 Å². The molecule has 118 valence electrons. The molecule has 5 nitrogen and oxygen atoms in total. The van der Waals surface area contributed by atoms with Crippen molar-refractivity contribution in [2.75, 3.05) is 21.3 Å². The lowest BCUT2D eigenvalue weighted by Gasteiger charge is -2.14. The van der Waals surface area contributed by atoms with Gasteiger partial charge < -0.3 is 14.2 Å². The number of aromatic nitrogens is 2. The normalized spacial score (nSPS) is 10.4. The lowest BCUT2D eigenvalue weighted by molar-refractivity contribution is 0.324. The summed E-state index contributed by atoms with van der Waals surface area (Å²) in [5.41, 5.74) is 3.81. The molecular weight excluding hydrogens is 312 g/mol. The molecule has 0 aliphatic carbocycles. The minimum absolute atomic E-state index is 0.567. The third kappa shape index (κ3) is 2.85. The molecule has 0 aliphatic rings. The SMILES string of the molecule is COc1cc(-c2nscc2-c2cccnc2)cc(OC)c1OC. The van der Waals surface area contributed by atoms with Crippen LogP contribution in [0, 0.1) is 0 Å². The highest BCUT2D eigenvalue weighted by molar-refractivity contribution is 7.04. The van der Waals surface area contributed by atoms with Crippen molar-refractivity contribution in [1.82, 2.24) is 9.36 Å². The van der Waals surface area contributed by atoms with E-state index in [-0.39, 0.29) is 0 Å². The van der Waals surface area contributed by atoms with E-state index in [0.29, 0.717) is 17.2 Å². The van der Waals surface area contributed by atoms with E-state index in [1.54, 1.807) is 27.5 Å². The molecule has 0 atom stereocenters. The zero-order chi connectivity index (χ0) is 16.2. The van der Waals surface area contributed by atoms with E-state index < -0.39 is 0 Å². The summed E-state index contributed by atoms with van der Waals surface area (Å²) in [7, 11) is 4.79. The second-order valence-corrected chi connectivity index (χ2v) is 5.36. The van der Waals surface area contributed by atoms with Crippen molar-refractivity contribution in [3.8, 4) is 39.6 Å². The Kier molecular flexibility index (Phi) is 4.43. The molecule has 0 fully saturated rings. The first-order valence-corrected chi connectivity index (χ1v) is 7.77. The van der Waals surface area contributed by atoms with Crippen molar-refractivity contribution in [3.63, 3.8) is 0 Å². The first kappa shape index (κ1) is 15.3. The third-order valence-electron chi connectivity index (χ3n) is 3.48. The van der Waals surface area contributed by atoms with Gasteiger partial charge in [0, 0.05) is 34.5 Å². The Labute approximate surface area is 138 Å². The largest absolute Gasteiger partial charge is 0.493 e. The van der Waals surface area contributed by atoms with Crippen LogP contribution in [0.15, 0.2) is 42.0 Å². The predicted molar refractivity (Wildman–Crippen MR) is 90.4 cm³/mol. The Morgan fingerprint density at radius 1 is 0.957 bits per heavy atom. The number of benzene rings is 1. The number of nitrogens with zero attached hydrogens (tertiary/aromatic N) is 2. The Bertz CT molecular complexity index is 778. The van der Waals surface area contributed by atoms with E-state index >= 15 is 0 Å². The fourth-order valence-electron chi connectivity index (χ4n) is 2.39. The van der Waals surface area contributed by atoms with Crippen LogP contribution in [0.2, 0.25) is 0 Å². The second kappa shape index (κ2) is 6.66. The van der Waals surface area contributed by atoms with Crippen LogP contribution in [0.5, 0.6) is 17.2 Å². The third-order valence-corrected chi connectivity index (χ3v) is 4.11. The van der Waals surface area contributed by atoms with E-state index in [2.05, 4.69) is 9.36 Å². The van der Waals surface area contributed by atoms with Crippen molar-refractivity contribution >= 4 is 11.5 Å². The van der Waals surface area contributed by atoms with E-state index in [4.69, 9.17) is 14.2 Å². The molecule has 6 heteroatoms. The van der Waals surface area contributed by atoms with Gasteiger partial charge in [0.15, 0.2) is 11.5 Å². The molecule has 0 radical (unpaired) electrons. The molecular formula is C17H16N2O3S. The average molecular weight is 328 g/mol. The van der Waals surface area contributed by atoms with Crippen molar-refractivity contribution in [1.29, 1.82) is 0 Å². The molecule has 0 amide bonds.